The molecule has 7 nitrogen and oxygen atoms in total. The average Bonchev–Trinajstić information content (AvgIpc) is 2.79. The van der Waals surface area contributed by atoms with Crippen molar-refractivity contribution in [2.24, 2.45) is 5.92 Å². The van der Waals surface area contributed by atoms with Crippen molar-refractivity contribution in [1.82, 2.24) is 9.29 Å². The molecular weight excluding hydrogens is 438 g/mol. The van der Waals surface area contributed by atoms with E-state index in [0.717, 1.165) is 5.39 Å². The number of carbonyl (C=O) groups excluding carboxylic acids is 1. The predicted molar refractivity (Wildman–Crippen MR) is 120 cm³/mol. The van der Waals surface area contributed by atoms with Crippen molar-refractivity contribution in [1.29, 1.82) is 0 Å². The third-order valence-corrected chi connectivity index (χ3v) is 7.58. The summed E-state index contributed by atoms with van der Waals surface area (Å²) in [5.41, 5.74) is 0.971. The van der Waals surface area contributed by atoms with Gasteiger partial charge in [-0.2, -0.15) is 4.31 Å². The van der Waals surface area contributed by atoms with E-state index in [1.807, 2.05) is 12.1 Å². The van der Waals surface area contributed by atoms with Gasteiger partial charge in [-0.05, 0) is 43.2 Å². The fourth-order valence-corrected chi connectivity index (χ4v) is 5.73. The number of hydrogen-bond acceptors (Lipinski definition) is 5. The highest BCUT2D eigenvalue weighted by molar-refractivity contribution is 7.89. The van der Waals surface area contributed by atoms with Crippen LogP contribution in [0.4, 0.5) is 5.69 Å². The van der Waals surface area contributed by atoms with Gasteiger partial charge < -0.3 is 10.1 Å². The Kier molecular flexibility index (Phi) is 6.13. The van der Waals surface area contributed by atoms with Crippen LogP contribution >= 0.6 is 11.6 Å². The number of nitrogens with one attached hydrogen (secondary N) is 1. The van der Waals surface area contributed by atoms with Crippen LogP contribution in [0.5, 0.6) is 5.75 Å². The number of benzene rings is 2. The molecule has 1 N–H and O–H groups in total. The first-order valence-corrected chi connectivity index (χ1v) is 11.7. The Morgan fingerprint density at radius 2 is 2.03 bits per heavy atom. The fourth-order valence-electron chi connectivity index (χ4n) is 3.79. The molecule has 2 heterocycles. The van der Waals surface area contributed by atoms with Gasteiger partial charge in [0.25, 0.3) is 0 Å². The van der Waals surface area contributed by atoms with E-state index >= 15 is 0 Å². The second-order valence-corrected chi connectivity index (χ2v) is 9.69. The highest BCUT2D eigenvalue weighted by atomic mass is 35.5. The van der Waals surface area contributed by atoms with Crippen molar-refractivity contribution < 1.29 is 17.9 Å². The highest BCUT2D eigenvalue weighted by Gasteiger charge is 2.34. The Bertz CT molecular complexity index is 1230. The molecular formula is C22H22ClN3O4S. The summed E-state index contributed by atoms with van der Waals surface area (Å²) in [6, 6.07) is 13.7. The molecule has 1 aliphatic rings. The van der Waals surface area contributed by atoms with E-state index in [-0.39, 0.29) is 17.3 Å². The van der Waals surface area contributed by atoms with Crippen LogP contribution in [0.2, 0.25) is 5.02 Å². The third kappa shape index (κ3) is 4.37. The molecule has 1 unspecified atom stereocenters. The Balaban J connectivity index is 1.53. The highest BCUT2D eigenvalue weighted by Crippen LogP contribution is 2.30. The van der Waals surface area contributed by atoms with Gasteiger partial charge in [0, 0.05) is 30.4 Å². The summed E-state index contributed by atoms with van der Waals surface area (Å²) in [7, 11) is -2.27. The number of carbonyl (C=O) groups is 1. The van der Waals surface area contributed by atoms with Gasteiger partial charge in [0.05, 0.1) is 23.6 Å². The molecule has 9 heteroatoms. The van der Waals surface area contributed by atoms with Crippen LogP contribution in [0.25, 0.3) is 10.9 Å². The quantitative estimate of drug-likeness (QED) is 0.624. The first-order valence-electron chi connectivity index (χ1n) is 9.88. The maximum Gasteiger partial charge on any atom is 0.245 e. The largest absolute Gasteiger partial charge is 0.495 e. The predicted octanol–water partition coefficient (Wildman–Crippen LogP) is 3.94. The number of halogens is 1. The Morgan fingerprint density at radius 3 is 2.81 bits per heavy atom. The first kappa shape index (κ1) is 21.5. The summed E-state index contributed by atoms with van der Waals surface area (Å²) in [5.74, 6) is -0.192. The van der Waals surface area contributed by atoms with E-state index in [9.17, 15) is 13.2 Å². The van der Waals surface area contributed by atoms with Crippen LogP contribution in [0.15, 0.2) is 59.6 Å². The zero-order valence-corrected chi connectivity index (χ0v) is 18.5. The molecule has 1 atom stereocenters. The van der Waals surface area contributed by atoms with E-state index < -0.39 is 15.9 Å². The zero-order valence-electron chi connectivity index (χ0n) is 16.9. The second kappa shape index (κ2) is 8.82. The topological polar surface area (TPSA) is 88.6 Å². The summed E-state index contributed by atoms with van der Waals surface area (Å²) in [5, 5.41) is 3.97. The summed E-state index contributed by atoms with van der Waals surface area (Å²) in [6.45, 7) is 0.477. The van der Waals surface area contributed by atoms with Crippen molar-refractivity contribution in [3.05, 3.63) is 59.8 Å². The summed E-state index contributed by atoms with van der Waals surface area (Å²) < 4.78 is 33.2. The monoisotopic (exact) mass is 459 g/mol. The molecule has 0 radical (unpaired) electrons. The number of hydrogen-bond donors (Lipinski definition) is 1. The number of para-hydroxylation sites is 1. The normalized spacial score (nSPS) is 17.4. The number of sulfonamides is 1. The molecule has 0 aliphatic carbocycles. The van der Waals surface area contributed by atoms with E-state index in [1.54, 1.807) is 42.6 Å². The van der Waals surface area contributed by atoms with Crippen LogP contribution < -0.4 is 10.1 Å². The summed E-state index contributed by atoms with van der Waals surface area (Å²) in [4.78, 5) is 17.3. The molecule has 3 aromatic rings. The third-order valence-electron chi connectivity index (χ3n) is 5.39. The summed E-state index contributed by atoms with van der Waals surface area (Å²) in [6.07, 6.45) is 2.78. The van der Waals surface area contributed by atoms with Crippen molar-refractivity contribution in [3.63, 3.8) is 0 Å². The molecule has 1 fully saturated rings. The van der Waals surface area contributed by atoms with E-state index in [0.29, 0.717) is 41.4 Å². The second-order valence-electron chi connectivity index (χ2n) is 7.37. The number of anilines is 1. The van der Waals surface area contributed by atoms with Crippen LogP contribution in [0.1, 0.15) is 12.8 Å². The molecule has 1 aliphatic heterocycles. The minimum Gasteiger partial charge on any atom is -0.495 e. The molecule has 162 valence electrons. The van der Waals surface area contributed by atoms with Crippen molar-refractivity contribution in [2.45, 2.75) is 17.7 Å². The van der Waals surface area contributed by atoms with E-state index in [2.05, 4.69) is 10.3 Å². The van der Waals surface area contributed by atoms with Gasteiger partial charge in [0.1, 0.15) is 10.6 Å². The Labute approximate surface area is 186 Å². The van der Waals surface area contributed by atoms with Gasteiger partial charge >= 0.3 is 0 Å². The van der Waals surface area contributed by atoms with Gasteiger partial charge in [-0.3, -0.25) is 9.78 Å². The number of nitrogens with zero attached hydrogens (tertiary/aromatic N) is 2. The van der Waals surface area contributed by atoms with Crippen LogP contribution in [0.3, 0.4) is 0 Å². The molecule has 0 saturated carbocycles. The lowest BCUT2D eigenvalue weighted by atomic mass is 9.98. The number of piperidine rings is 1. The Morgan fingerprint density at radius 1 is 1.23 bits per heavy atom. The van der Waals surface area contributed by atoms with Crippen LogP contribution in [-0.4, -0.2) is 43.8 Å². The number of aromatic nitrogens is 1. The smallest absolute Gasteiger partial charge is 0.245 e. The molecule has 4 rings (SSSR count). The maximum absolute atomic E-state index is 13.4. The SMILES string of the molecule is COc1ccc(NC(=O)C2CCCN(S(=O)(=O)c3cccc4cccnc34)C2)cc1Cl. The molecule has 31 heavy (non-hydrogen) atoms. The maximum atomic E-state index is 13.4. The molecule has 1 amide bonds. The lowest BCUT2D eigenvalue weighted by Crippen LogP contribution is -2.43. The zero-order chi connectivity index (χ0) is 22.0. The molecule has 2 aromatic carbocycles. The van der Waals surface area contributed by atoms with Crippen LogP contribution in [-0.2, 0) is 14.8 Å². The lowest BCUT2D eigenvalue weighted by Gasteiger charge is -2.31. The van der Waals surface area contributed by atoms with Crippen molar-refractivity contribution >= 4 is 44.1 Å². The Hall–Kier alpha value is -2.68. The number of rotatable bonds is 5. The van der Waals surface area contributed by atoms with E-state index in [1.165, 1.54) is 11.4 Å². The van der Waals surface area contributed by atoms with E-state index in [4.69, 9.17) is 16.3 Å². The number of pyridine rings is 1. The lowest BCUT2D eigenvalue weighted by molar-refractivity contribution is -0.120. The standard InChI is InChI=1S/C22H22ClN3O4S/c1-30-19-10-9-17(13-18(19)23)25-22(27)16-7-4-12-26(14-16)31(28,29)20-8-2-5-15-6-3-11-24-21(15)20/h2-3,5-6,8-11,13,16H,4,7,12,14H2,1H3,(H,25,27). The minimum absolute atomic E-state index is 0.112. The molecule has 1 saturated heterocycles. The minimum atomic E-state index is -3.79. The van der Waals surface area contributed by atoms with Crippen molar-refractivity contribution in [2.75, 3.05) is 25.5 Å². The fraction of sp³-hybridized carbons (Fsp3) is 0.273. The summed E-state index contributed by atoms with van der Waals surface area (Å²) >= 11 is 6.13. The van der Waals surface area contributed by atoms with Gasteiger partial charge in [0.2, 0.25) is 15.9 Å². The molecule has 1 aromatic heterocycles. The van der Waals surface area contributed by atoms with Crippen LogP contribution in [0, 0.1) is 5.92 Å². The van der Waals surface area contributed by atoms with Gasteiger partial charge in [0.15, 0.2) is 0 Å². The molecule has 0 bridgehead atoms. The number of fused-ring (bicyclic) bond motifs is 1. The number of methoxy groups -OCH3 is 1. The number of amides is 1. The average molecular weight is 460 g/mol. The van der Waals surface area contributed by atoms with Crippen molar-refractivity contribution in [3.8, 4) is 5.75 Å². The molecule has 0 spiro atoms. The van der Waals surface area contributed by atoms with Gasteiger partial charge in [-0.1, -0.05) is 29.8 Å². The van der Waals surface area contributed by atoms with Gasteiger partial charge in [-0.15, -0.1) is 0 Å². The number of ether oxygens (including phenoxy) is 1. The van der Waals surface area contributed by atoms with Gasteiger partial charge in [-0.25, -0.2) is 8.42 Å². The first-order chi connectivity index (χ1) is 14.9.